The second-order valence-electron chi connectivity index (χ2n) is 3.06. The fraction of sp³-hybridized carbons (Fsp3) is 0.200. The van der Waals surface area contributed by atoms with Gasteiger partial charge in [-0.25, -0.2) is 0 Å². The summed E-state index contributed by atoms with van der Waals surface area (Å²) in [6.45, 7) is 0. The zero-order valence-corrected chi connectivity index (χ0v) is 6.57. The molecule has 0 heterocycles. The molecule has 2 nitrogen and oxygen atoms in total. The van der Waals surface area contributed by atoms with Gasteiger partial charge in [-0.1, -0.05) is 30.3 Å². The van der Waals surface area contributed by atoms with Crippen molar-refractivity contribution in [1.29, 1.82) is 0 Å². The van der Waals surface area contributed by atoms with Crippen molar-refractivity contribution < 1.29 is 10.2 Å². The number of rotatable bonds is 0. The molecule has 0 atom stereocenters. The summed E-state index contributed by atoms with van der Waals surface area (Å²) in [5.41, 5.74) is 0. The van der Waals surface area contributed by atoms with Crippen LogP contribution in [0.2, 0.25) is 0 Å². The molecule has 0 radical (unpaired) electrons. The first-order valence-electron chi connectivity index (χ1n) is 3.90. The summed E-state index contributed by atoms with van der Waals surface area (Å²) in [6.07, 6.45) is 3.57. The normalized spacial score (nSPS) is 18.8. The lowest BCUT2D eigenvalue weighted by Crippen LogP contribution is -2.37. The topological polar surface area (TPSA) is 40.5 Å². The van der Waals surface area contributed by atoms with Crippen molar-refractivity contribution in [3.8, 4) is 0 Å². The Morgan fingerprint density at radius 2 is 1.75 bits per heavy atom. The largest absolute Gasteiger partial charge is 0.362 e. The second kappa shape index (κ2) is 2.44. The highest BCUT2D eigenvalue weighted by Gasteiger charge is 2.19. The van der Waals surface area contributed by atoms with Crippen LogP contribution in [0.5, 0.6) is 0 Å². The van der Waals surface area contributed by atoms with Crippen LogP contribution in [0.4, 0.5) is 0 Å². The van der Waals surface area contributed by atoms with Gasteiger partial charge in [0.1, 0.15) is 0 Å². The first kappa shape index (κ1) is 7.53. The molecule has 1 aliphatic rings. The average molecular weight is 162 g/mol. The van der Waals surface area contributed by atoms with E-state index < -0.39 is 5.79 Å². The van der Waals surface area contributed by atoms with Gasteiger partial charge in [0.15, 0.2) is 5.79 Å². The molecule has 1 aromatic carbocycles. The Hall–Kier alpha value is -1.12. The molecular weight excluding hydrogens is 152 g/mol. The van der Waals surface area contributed by atoms with Crippen LogP contribution < -0.4 is 10.4 Å². The molecule has 0 spiro atoms. The minimum Gasteiger partial charge on any atom is -0.362 e. The van der Waals surface area contributed by atoms with Crippen molar-refractivity contribution in [1.82, 2.24) is 0 Å². The summed E-state index contributed by atoms with van der Waals surface area (Å²) >= 11 is 0. The molecule has 0 fully saturated rings. The standard InChI is InChI=1S/C10H10O2/c11-10(12)6-5-8-3-1-2-4-9(8)7-10/h1-5,7,11-12H,6H2. The molecule has 12 heavy (non-hydrogen) atoms. The van der Waals surface area contributed by atoms with Crippen LogP contribution in [0.1, 0.15) is 6.42 Å². The third-order valence-electron chi connectivity index (χ3n) is 2.01. The predicted octanol–water partition coefficient (Wildman–Crippen LogP) is -0.668. The number of hydrogen-bond acceptors (Lipinski definition) is 2. The summed E-state index contributed by atoms with van der Waals surface area (Å²) in [5.74, 6) is -1.66. The number of benzene rings is 1. The Labute approximate surface area is 70.1 Å². The van der Waals surface area contributed by atoms with Gasteiger partial charge in [0, 0.05) is 6.42 Å². The van der Waals surface area contributed by atoms with Crippen LogP contribution >= 0.6 is 0 Å². The van der Waals surface area contributed by atoms with Crippen LogP contribution in [-0.4, -0.2) is 16.0 Å². The average Bonchev–Trinajstić information content (AvgIpc) is 2.02. The maximum Gasteiger partial charge on any atom is 0.187 e. The molecule has 0 saturated heterocycles. The number of fused-ring (bicyclic) bond motifs is 1. The van der Waals surface area contributed by atoms with Gasteiger partial charge in [-0.05, 0) is 16.5 Å². The molecule has 2 rings (SSSR count). The zero-order valence-electron chi connectivity index (χ0n) is 6.57. The van der Waals surface area contributed by atoms with Crippen LogP contribution in [0.3, 0.4) is 0 Å². The van der Waals surface area contributed by atoms with Gasteiger partial charge < -0.3 is 10.2 Å². The predicted molar refractivity (Wildman–Crippen MR) is 46.4 cm³/mol. The Bertz CT molecular complexity index is 404. The van der Waals surface area contributed by atoms with E-state index in [4.69, 9.17) is 0 Å². The smallest absolute Gasteiger partial charge is 0.187 e. The van der Waals surface area contributed by atoms with Crippen molar-refractivity contribution in [3.05, 3.63) is 34.7 Å². The van der Waals surface area contributed by atoms with Gasteiger partial charge in [0.2, 0.25) is 0 Å². The van der Waals surface area contributed by atoms with Gasteiger partial charge in [-0.15, -0.1) is 0 Å². The molecule has 62 valence electrons. The highest BCUT2D eigenvalue weighted by Crippen LogP contribution is 2.09. The Balaban J connectivity index is 2.72. The van der Waals surface area contributed by atoms with E-state index in [1.807, 2.05) is 30.3 Å². The molecule has 2 heteroatoms. The molecule has 1 aliphatic carbocycles. The monoisotopic (exact) mass is 162 g/mol. The second-order valence-corrected chi connectivity index (χ2v) is 3.06. The van der Waals surface area contributed by atoms with Crippen LogP contribution in [-0.2, 0) is 0 Å². The Morgan fingerprint density at radius 3 is 2.50 bits per heavy atom. The molecule has 0 bridgehead atoms. The third kappa shape index (κ3) is 1.26. The molecule has 0 unspecified atom stereocenters. The summed E-state index contributed by atoms with van der Waals surface area (Å²) < 4.78 is 0. The van der Waals surface area contributed by atoms with Crippen molar-refractivity contribution in [2.45, 2.75) is 12.2 Å². The van der Waals surface area contributed by atoms with Gasteiger partial charge >= 0.3 is 0 Å². The molecule has 0 saturated carbocycles. The van der Waals surface area contributed by atoms with E-state index in [9.17, 15) is 10.2 Å². The molecular formula is C10H10O2. The fourth-order valence-electron chi connectivity index (χ4n) is 1.40. The lowest BCUT2D eigenvalue weighted by molar-refractivity contribution is -0.0973. The van der Waals surface area contributed by atoms with Gasteiger partial charge in [-0.2, -0.15) is 0 Å². The van der Waals surface area contributed by atoms with E-state index in [2.05, 4.69) is 0 Å². The number of aliphatic hydroxyl groups is 2. The van der Waals surface area contributed by atoms with Crippen molar-refractivity contribution >= 4 is 12.2 Å². The zero-order chi connectivity index (χ0) is 8.60. The molecule has 0 aliphatic heterocycles. The number of hydrogen-bond donors (Lipinski definition) is 2. The maximum atomic E-state index is 9.29. The maximum absolute atomic E-state index is 9.29. The first-order valence-corrected chi connectivity index (χ1v) is 3.90. The lowest BCUT2D eigenvalue weighted by atomic mass is 10.0. The van der Waals surface area contributed by atoms with Crippen molar-refractivity contribution in [3.63, 3.8) is 0 Å². The molecule has 2 N–H and O–H groups in total. The van der Waals surface area contributed by atoms with E-state index in [-0.39, 0.29) is 6.42 Å². The fourth-order valence-corrected chi connectivity index (χ4v) is 1.40. The van der Waals surface area contributed by atoms with Crippen LogP contribution in [0, 0.1) is 0 Å². The summed E-state index contributed by atoms with van der Waals surface area (Å²) in [6, 6.07) is 7.64. The Kier molecular flexibility index (Phi) is 1.53. The third-order valence-corrected chi connectivity index (χ3v) is 2.01. The highest BCUT2D eigenvalue weighted by atomic mass is 16.5. The van der Waals surface area contributed by atoms with Crippen molar-refractivity contribution in [2.75, 3.05) is 0 Å². The van der Waals surface area contributed by atoms with Gasteiger partial charge in [0.05, 0.1) is 0 Å². The Morgan fingerprint density at radius 1 is 1.08 bits per heavy atom. The first-order chi connectivity index (χ1) is 5.67. The van der Waals surface area contributed by atoms with E-state index >= 15 is 0 Å². The van der Waals surface area contributed by atoms with Crippen molar-refractivity contribution in [2.24, 2.45) is 0 Å². The minimum absolute atomic E-state index is 0.268. The lowest BCUT2D eigenvalue weighted by Gasteiger charge is -2.17. The van der Waals surface area contributed by atoms with Crippen LogP contribution in [0.15, 0.2) is 24.3 Å². The highest BCUT2D eigenvalue weighted by molar-refractivity contribution is 5.43. The molecule has 0 amide bonds. The quantitative estimate of drug-likeness (QED) is 0.497. The molecule has 1 aromatic rings. The van der Waals surface area contributed by atoms with Crippen LogP contribution in [0.25, 0.3) is 12.2 Å². The van der Waals surface area contributed by atoms with E-state index in [0.717, 1.165) is 10.4 Å². The van der Waals surface area contributed by atoms with E-state index in [0.29, 0.717) is 0 Å². The van der Waals surface area contributed by atoms with Gasteiger partial charge in [-0.3, -0.25) is 0 Å². The van der Waals surface area contributed by atoms with E-state index in [1.165, 1.54) is 6.08 Å². The summed E-state index contributed by atoms with van der Waals surface area (Å²) in [7, 11) is 0. The minimum atomic E-state index is -1.66. The summed E-state index contributed by atoms with van der Waals surface area (Å²) in [4.78, 5) is 0. The SMILES string of the molecule is OC1(O)C=c2ccccc2=CC1. The molecule has 0 aromatic heterocycles. The van der Waals surface area contributed by atoms with Gasteiger partial charge in [0.25, 0.3) is 0 Å². The summed E-state index contributed by atoms with van der Waals surface area (Å²) in [5, 5.41) is 20.5. The van der Waals surface area contributed by atoms with E-state index in [1.54, 1.807) is 0 Å².